The summed E-state index contributed by atoms with van der Waals surface area (Å²) < 4.78 is 0. The Kier molecular flexibility index (Phi) is 6.01. The Labute approximate surface area is 133 Å². The molecule has 1 aliphatic carbocycles. The van der Waals surface area contributed by atoms with Crippen LogP contribution in [0.15, 0.2) is 0 Å². The highest BCUT2D eigenvalue weighted by Gasteiger charge is 2.41. The van der Waals surface area contributed by atoms with Crippen molar-refractivity contribution in [3.05, 3.63) is 0 Å². The predicted octanol–water partition coefficient (Wildman–Crippen LogP) is 1.76. The minimum absolute atomic E-state index is 0.212. The maximum absolute atomic E-state index is 5.24. The molecule has 116 valence electrons. The first kappa shape index (κ1) is 17.4. The molecule has 4 N–H and O–H groups in total. The van der Waals surface area contributed by atoms with Gasteiger partial charge in [-0.3, -0.25) is 0 Å². The quantitative estimate of drug-likeness (QED) is 0.595. The van der Waals surface area contributed by atoms with E-state index in [9.17, 15) is 0 Å². The third-order valence-corrected chi connectivity index (χ3v) is 4.58. The second-order valence-corrected chi connectivity index (χ2v) is 7.73. The van der Waals surface area contributed by atoms with Gasteiger partial charge < -0.3 is 21.3 Å². The maximum Gasteiger partial charge on any atom is 0.166 e. The number of thiocarbonyl (C=S) groups is 2. The van der Waals surface area contributed by atoms with Crippen LogP contribution in [0.25, 0.3) is 0 Å². The SMILES string of the molecule is CNC(=S)NCC1(C)CC(NC(=S)NC)CC(C)(C)C1. The molecule has 0 bridgehead atoms. The summed E-state index contributed by atoms with van der Waals surface area (Å²) in [6.45, 7) is 7.88. The van der Waals surface area contributed by atoms with E-state index in [4.69, 9.17) is 24.4 Å². The molecule has 0 aromatic carbocycles. The first-order chi connectivity index (χ1) is 9.19. The van der Waals surface area contributed by atoms with Crippen LogP contribution in [0.2, 0.25) is 0 Å². The molecular formula is C14H28N4S2. The maximum atomic E-state index is 5.24. The van der Waals surface area contributed by atoms with Crippen molar-refractivity contribution in [2.45, 2.75) is 46.1 Å². The van der Waals surface area contributed by atoms with Crippen molar-refractivity contribution >= 4 is 34.7 Å². The molecular weight excluding hydrogens is 288 g/mol. The lowest BCUT2D eigenvalue weighted by Gasteiger charge is -2.47. The van der Waals surface area contributed by atoms with Crippen LogP contribution in [0.1, 0.15) is 40.0 Å². The zero-order valence-corrected chi connectivity index (χ0v) is 14.9. The lowest BCUT2D eigenvalue weighted by atomic mass is 9.62. The Morgan fingerprint density at radius 1 is 1.05 bits per heavy atom. The summed E-state index contributed by atoms with van der Waals surface area (Å²) in [7, 11) is 3.70. The number of nitrogens with one attached hydrogen (secondary N) is 4. The summed E-state index contributed by atoms with van der Waals surface area (Å²) >= 11 is 10.4. The van der Waals surface area contributed by atoms with E-state index in [1.165, 1.54) is 6.42 Å². The average molecular weight is 317 g/mol. The Bertz CT molecular complexity index is 370. The smallest absolute Gasteiger partial charge is 0.166 e. The van der Waals surface area contributed by atoms with Gasteiger partial charge in [-0.25, -0.2) is 0 Å². The third-order valence-electron chi connectivity index (χ3n) is 3.91. The van der Waals surface area contributed by atoms with Crippen LogP contribution < -0.4 is 21.3 Å². The van der Waals surface area contributed by atoms with E-state index in [1.807, 2.05) is 14.1 Å². The standard InChI is InChI=1S/C14H28N4S2/c1-13(2)6-10(18-12(20)16-5)7-14(3,8-13)9-17-11(19)15-4/h10H,6-9H2,1-5H3,(H2,15,17,19)(H2,16,18,20). The van der Waals surface area contributed by atoms with Crippen LogP contribution in [0.4, 0.5) is 0 Å². The van der Waals surface area contributed by atoms with Crippen molar-refractivity contribution in [1.29, 1.82) is 0 Å². The van der Waals surface area contributed by atoms with Crippen molar-refractivity contribution in [3.8, 4) is 0 Å². The van der Waals surface area contributed by atoms with Crippen molar-refractivity contribution in [3.63, 3.8) is 0 Å². The van der Waals surface area contributed by atoms with Crippen molar-refractivity contribution in [1.82, 2.24) is 21.3 Å². The zero-order chi connectivity index (χ0) is 15.4. The Hall–Kier alpha value is -0.620. The first-order valence-electron chi connectivity index (χ1n) is 7.13. The van der Waals surface area contributed by atoms with Gasteiger partial charge in [-0.15, -0.1) is 0 Å². The fourth-order valence-electron chi connectivity index (χ4n) is 3.51. The fourth-order valence-corrected chi connectivity index (χ4v) is 3.75. The highest BCUT2D eigenvalue weighted by atomic mass is 32.1. The molecule has 2 unspecified atom stereocenters. The highest BCUT2D eigenvalue weighted by molar-refractivity contribution is 7.80. The molecule has 0 spiro atoms. The lowest BCUT2D eigenvalue weighted by molar-refractivity contribution is 0.0803. The van der Waals surface area contributed by atoms with Crippen LogP contribution in [-0.2, 0) is 0 Å². The van der Waals surface area contributed by atoms with Gasteiger partial charge in [0.15, 0.2) is 10.2 Å². The normalized spacial score (nSPS) is 28.4. The molecule has 0 radical (unpaired) electrons. The molecule has 1 aliphatic rings. The number of hydrogen-bond donors (Lipinski definition) is 4. The zero-order valence-electron chi connectivity index (χ0n) is 13.2. The van der Waals surface area contributed by atoms with Crippen LogP contribution in [0.3, 0.4) is 0 Å². The minimum atomic E-state index is 0.212. The monoisotopic (exact) mass is 316 g/mol. The second kappa shape index (κ2) is 6.89. The van der Waals surface area contributed by atoms with Crippen LogP contribution >= 0.6 is 24.4 Å². The first-order valence-corrected chi connectivity index (χ1v) is 7.95. The van der Waals surface area contributed by atoms with Crippen molar-refractivity contribution in [2.24, 2.45) is 10.8 Å². The summed E-state index contributed by atoms with van der Waals surface area (Å²) in [5.41, 5.74) is 0.515. The molecule has 6 heteroatoms. The average Bonchev–Trinajstić information content (AvgIpc) is 2.33. The van der Waals surface area contributed by atoms with Gasteiger partial charge in [-0.05, 0) is 54.5 Å². The molecule has 0 aromatic rings. The molecule has 1 saturated carbocycles. The van der Waals surface area contributed by atoms with Crippen LogP contribution in [0.5, 0.6) is 0 Å². The van der Waals surface area contributed by atoms with E-state index in [0.29, 0.717) is 16.6 Å². The summed E-state index contributed by atoms with van der Waals surface area (Å²) in [5.74, 6) is 0. The van der Waals surface area contributed by atoms with Crippen LogP contribution in [-0.4, -0.2) is 36.9 Å². The van der Waals surface area contributed by atoms with E-state index in [-0.39, 0.29) is 5.41 Å². The molecule has 0 aliphatic heterocycles. The highest BCUT2D eigenvalue weighted by Crippen LogP contribution is 2.45. The summed E-state index contributed by atoms with van der Waals surface area (Å²) in [6.07, 6.45) is 3.42. The topological polar surface area (TPSA) is 48.1 Å². The predicted molar refractivity (Wildman–Crippen MR) is 94.0 cm³/mol. The van der Waals surface area contributed by atoms with Crippen LogP contribution in [0, 0.1) is 10.8 Å². The van der Waals surface area contributed by atoms with Gasteiger partial charge in [0.1, 0.15) is 0 Å². The Morgan fingerprint density at radius 2 is 1.65 bits per heavy atom. The number of rotatable bonds is 3. The third kappa shape index (κ3) is 5.40. The van der Waals surface area contributed by atoms with E-state index < -0.39 is 0 Å². The largest absolute Gasteiger partial charge is 0.366 e. The second-order valence-electron chi connectivity index (χ2n) is 6.91. The molecule has 0 amide bonds. The molecule has 4 nitrogen and oxygen atoms in total. The summed E-state index contributed by atoms with van der Waals surface area (Å²) in [6, 6.07) is 0.411. The van der Waals surface area contributed by atoms with Crippen molar-refractivity contribution in [2.75, 3.05) is 20.6 Å². The van der Waals surface area contributed by atoms with E-state index >= 15 is 0 Å². The van der Waals surface area contributed by atoms with Gasteiger partial charge >= 0.3 is 0 Å². The lowest BCUT2D eigenvalue weighted by Crippen LogP contribution is -2.52. The van der Waals surface area contributed by atoms with Gasteiger partial charge in [0.2, 0.25) is 0 Å². The molecule has 0 heterocycles. The van der Waals surface area contributed by atoms with Gasteiger partial charge in [0.05, 0.1) is 0 Å². The molecule has 1 rings (SSSR count). The molecule has 20 heavy (non-hydrogen) atoms. The van der Waals surface area contributed by atoms with Crippen molar-refractivity contribution < 1.29 is 0 Å². The van der Waals surface area contributed by atoms with Gasteiger partial charge in [0.25, 0.3) is 0 Å². The Balaban J connectivity index is 2.70. The molecule has 2 atom stereocenters. The minimum Gasteiger partial charge on any atom is -0.366 e. The number of hydrogen-bond acceptors (Lipinski definition) is 2. The van der Waals surface area contributed by atoms with Gasteiger partial charge in [-0.1, -0.05) is 20.8 Å². The van der Waals surface area contributed by atoms with Gasteiger partial charge in [0, 0.05) is 26.7 Å². The van der Waals surface area contributed by atoms with E-state index in [1.54, 1.807) is 0 Å². The molecule has 0 aromatic heterocycles. The van der Waals surface area contributed by atoms with E-state index in [0.717, 1.165) is 24.5 Å². The summed E-state index contributed by atoms with van der Waals surface area (Å²) in [5, 5.41) is 14.1. The Morgan fingerprint density at radius 3 is 2.20 bits per heavy atom. The fraction of sp³-hybridized carbons (Fsp3) is 0.857. The summed E-state index contributed by atoms with van der Waals surface area (Å²) in [4.78, 5) is 0. The molecule has 1 fully saturated rings. The van der Waals surface area contributed by atoms with E-state index in [2.05, 4.69) is 42.0 Å². The van der Waals surface area contributed by atoms with Gasteiger partial charge in [-0.2, -0.15) is 0 Å². The molecule has 0 saturated heterocycles.